The van der Waals surface area contributed by atoms with Crippen LogP contribution in [0.2, 0.25) is 0 Å². The molecule has 0 aliphatic heterocycles. The first-order valence-electron chi connectivity index (χ1n) is 2.62. The Kier molecular flexibility index (Phi) is 21.1. The number of halogens is 13. The van der Waals surface area contributed by atoms with Crippen molar-refractivity contribution in [2.75, 3.05) is 0 Å². The molecule has 0 aliphatic rings. The van der Waals surface area contributed by atoms with E-state index in [-0.39, 0.29) is 42.0 Å². The Balaban J connectivity index is -0.0000000400. The van der Waals surface area contributed by atoms with E-state index in [0.29, 0.717) is 0 Å². The van der Waals surface area contributed by atoms with Crippen molar-refractivity contribution in [2.45, 2.75) is 0 Å². The molecule has 0 nitrogen and oxygen atoms in total. The van der Waals surface area contributed by atoms with E-state index in [1.807, 2.05) is 0 Å². The molecule has 0 aliphatic carbocycles. The van der Waals surface area contributed by atoms with Crippen molar-refractivity contribution < 1.29 is 51.8 Å². The molecule has 0 unspecified atom stereocenters. The van der Waals surface area contributed by atoms with Crippen LogP contribution in [0.4, 0.5) is 51.8 Å². The Labute approximate surface area is 116 Å². The molecule has 0 aromatic heterocycles. The maximum atomic E-state index is 9.75. The van der Waals surface area contributed by atoms with Crippen LogP contribution in [0, 0.1) is 0 Å². The molecule has 0 heterocycles. The molecule has 0 aromatic carbocycles. The van der Waals surface area contributed by atoms with Gasteiger partial charge < -0.3 is 51.8 Å². The van der Waals surface area contributed by atoms with Crippen molar-refractivity contribution >= 4 is 63.7 Å². The molecule has 0 saturated carbocycles. The Morgan fingerprint density at radius 1 is 0.353 bits per heavy atom. The van der Waals surface area contributed by atoms with Crippen molar-refractivity contribution in [2.24, 2.45) is 0 Å². The second-order valence-corrected chi connectivity index (χ2v) is 1.48. The predicted octanol–water partition coefficient (Wildman–Crippen LogP) is 3.67. The third-order valence-corrected chi connectivity index (χ3v) is 0. The summed E-state index contributed by atoms with van der Waals surface area (Å²) in [5.74, 6) is 0. The number of hydrogen-bond acceptors (Lipinski definition) is 0. The molecule has 0 fully saturated rings. The van der Waals surface area contributed by atoms with Gasteiger partial charge in [0.15, 0.2) is 0 Å². The van der Waals surface area contributed by atoms with Gasteiger partial charge in [0.1, 0.15) is 0 Å². The van der Waals surface area contributed by atoms with Crippen LogP contribution in [0.1, 0.15) is 0 Å². The summed E-state index contributed by atoms with van der Waals surface area (Å²) in [4.78, 5) is 0. The van der Waals surface area contributed by atoms with E-state index >= 15 is 0 Å². The van der Waals surface area contributed by atoms with Crippen LogP contribution in [-0.4, -0.2) is 51.3 Å². The first-order chi connectivity index (χ1) is 6.00. The molecule has 17 heavy (non-hydrogen) atoms. The monoisotopic (exact) mass is 321 g/mol. The predicted molar refractivity (Wildman–Crippen MR) is 45.0 cm³/mol. The Morgan fingerprint density at radius 2 is 0.353 bits per heavy atom. The minimum atomic E-state index is -6.00. The first kappa shape index (κ1) is 30.6. The zero-order chi connectivity index (χ0) is 13.5. The van der Waals surface area contributed by atoms with Gasteiger partial charge in [0.25, 0.3) is 0 Å². The third-order valence-electron chi connectivity index (χ3n) is 0. The number of hydrogen-bond donors (Lipinski definition) is 0. The van der Waals surface area contributed by atoms with Gasteiger partial charge in [-0.3, -0.25) is 0 Å². The van der Waals surface area contributed by atoms with E-state index in [9.17, 15) is 51.8 Å². The Bertz CT molecular complexity index is 96.8. The van der Waals surface area contributed by atoms with Crippen molar-refractivity contribution in [1.82, 2.24) is 0 Å². The normalized spacial score (nSPS) is 10.6. The minimum absolute atomic E-state index is 0. The zero-order valence-electron chi connectivity index (χ0n) is 6.68. The molecule has 0 rings (SSSR count). The molecular formula is H2B3ClF12Na-3. The molecule has 17 heteroatoms. The van der Waals surface area contributed by atoms with Gasteiger partial charge in [0.2, 0.25) is 0 Å². The molecule has 106 valence electrons. The summed E-state index contributed by atoms with van der Waals surface area (Å²) in [6.07, 6.45) is 0. The number of rotatable bonds is 0. The van der Waals surface area contributed by atoms with Gasteiger partial charge >= 0.3 is 51.3 Å². The molecule has 0 amide bonds. The van der Waals surface area contributed by atoms with Gasteiger partial charge in [-0.2, -0.15) is 0 Å². The van der Waals surface area contributed by atoms with Gasteiger partial charge in [0.05, 0.1) is 0 Å². The van der Waals surface area contributed by atoms with Crippen LogP contribution in [0.3, 0.4) is 0 Å². The van der Waals surface area contributed by atoms with Crippen molar-refractivity contribution in [3.8, 4) is 0 Å². The second kappa shape index (κ2) is 11.7. The van der Waals surface area contributed by atoms with Crippen LogP contribution >= 0.6 is 12.4 Å². The van der Waals surface area contributed by atoms with Gasteiger partial charge in [-0.1, -0.05) is 0 Å². The second-order valence-electron chi connectivity index (χ2n) is 1.48. The summed E-state index contributed by atoms with van der Waals surface area (Å²) in [5.41, 5.74) is 0. The van der Waals surface area contributed by atoms with E-state index in [1.54, 1.807) is 0 Å². The van der Waals surface area contributed by atoms with E-state index in [2.05, 4.69) is 0 Å². The van der Waals surface area contributed by atoms with E-state index in [0.717, 1.165) is 0 Å². The first-order valence-corrected chi connectivity index (χ1v) is 2.62. The van der Waals surface area contributed by atoms with Gasteiger partial charge in [0, 0.05) is 0 Å². The summed E-state index contributed by atoms with van der Waals surface area (Å²) in [5, 5.41) is 0. The zero-order valence-corrected chi connectivity index (χ0v) is 7.49. The fourth-order valence-electron chi connectivity index (χ4n) is 0. The van der Waals surface area contributed by atoms with Gasteiger partial charge in [-0.25, -0.2) is 0 Å². The average Bonchev–Trinajstić information content (AvgIpc) is 1.41. The molecule has 0 bridgehead atoms. The van der Waals surface area contributed by atoms with Crippen molar-refractivity contribution in [1.29, 1.82) is 0 Å². The molecule has 0 spiro atoms. The molecule has 0 N–H and O–H groups in total. The molecular weight excluding hydrogens is 319 g/mol. The van der Waals surface area contributed by atoms with Crippen molar-refractivity contribution in [3.63, 3.8) is 0 Å². The molecule has 0 aromatic rings. The van der Waals surface area contributed by atoms with Gasteiger partial charge in [-0.05, 0) is 0 Å². The maximum absolute atomic E-state index is 9.75. The molecule has 0 atom stereocenters. The molecule has 0 saturated heterocycles. The quantitative estimate of drug-likeness (QED) is 0.472. The van der Waals surface area contributed by atoms with Crippen LogP contribution in [0.25, 0.3) is 0 Å². The fraction of sp³-hybridized carbons (Fsp3) is 0. The summed E-state index contributed by atoms with van der Waals surface area (Å²) >= 11 is 0. The van der Waals surface area contributed by atoms with Gasteiger partial charge in [-0.15, -0.1) is 12.4 Å². The van der Waals surface area contributed by atoms with Crippen molar-refractivity contribution in [3.05, 3.63) is 0 Å². The van der Waals surface area contributed by atoms with E-state index < -0.39 is 21.8 Å². The van der Waals surface area contributed by atoms with Crippen LogP contribution in [-0.2, 0) is 0 Å². The summed E-state index contributed by atoms with van der Waals surface area (Å²) in [6, 6.07) is 0. The van der Waals surface area contributed by atoms with Crippen LogP contribution in [0.5, 0.6) is 0 Å². The summed E-state index contributed by atoms with van der Waals surface area (Å²) < 4.78 is 117. The topological polar surface area (TPSA) is 0 Å². The third kappa shape index (κ3) is 8590. The van der Waals surface area contributed by atoms with Crippen LogP contribution in [0.15, 0.2) is 0 Å². The molecule has 0 radical (unpaired) electrons. The average molecular weight is 321 g/mol. The summed E-state index contributed by atoms with van der Waals surface area (Å²) in [6.45, 7) is 0. The fourth-order valence-corrected chi connectivity index (χ4v) is 0. The Hall–Kier alpha value is 0.645. The SMILES string of the molecule is Cl.F[B-](F)(F)F.F[B-](F)(F)F.F[B-](F)(F)F.[NaH]. The van der Waals surface area contributed by atoms with E-state index in [4.69, 9.17) is 0 Å². The standard InChI is InChI=1S/3BF4.ClH.Na.H/c3*2-1(3,4)5;;;/h;;;1H;;/q3*-1;;;. The summed E-state index contributed by atoms with van der Waals surface area (Å²) in [7, 11) is -18.0. The van der Waals surface area contributed by atoms with Crippen LogP contribution < -0.4 is 0 Å². The Morgan fingerprint density at radius 3 is 0.353 bits per heavy atom. The van der Waals surface area contributed by atoms with E-state index in [1.165, 1.54) is 0 Å².